The van der Waals surface area contributed by atoms with E-state index in [9.17, 15) is 0 Å². The van der Waals surface area contributed by atoms with Gasteiger partial charge in [0.1, 0.15) is 60.0 Å². The smallest absolute Gasteiger partial charge is 0.190 e. The molecule has 0 aliphatic carbocycles. The highest BCUT2D eigenvalue weighted by Crippen LogP contribution is 2.45. The Kier molecular flexibility index (Phi) is 24.1. The molecule has 2 heterocycles. The predicted molar refractivity (Wildman–Crippen MR) is 399 cm³/mol. The Bertz CT molecular complexity index is 3890. The van der Waals surface area contributed by atoms with E-state index in [1.54, 1.807) is 0 Å². The van der Waals surface area contributed by atoms with Gasteiger partial charge in [0.15, 0.2) is 12.6 Å². The Balaban J connectivity index is 0.933. The van der Waals surface area contributed by atoms with Gasteiger partial charge in [-0.2, -0.15) is 0 Å². The first-order valence-corrected chi connectivity index (χ1v) is 35.6. The summed E-state index contributed by atoms with van der Waals surface area (Å²) < 4.78 is 83.6. The Morgan fingerprint density at radius 2 is 0.379 bits per heavy atom. The molecule has 0 aromatic heterocycles. The van der Waals surface area contributed by atoms with Crippen LogP contribution in [-0.2, 0) is 103 Å². The largest absolute Gasteiger partial charge is 0.368 e. The molecule has 2 fully saturated rings. The van der Waals surface area contributed by atoms with Crippen molar-refractivity contribution in [3.05, 3.63) is 431 Å². The van der Waals surface area contributed by atoms with Crippen LogP contribution in [0.5, 0.6) is 0 Å². The molecule has 11 heteroatoms. The standard InChI is InChI=1S/C92H86O11/c1-13-37-69(38-14-1)61-93-83-81(67-99-91(75-49-25-7-26-50-75,76-51-27-8-28-52-76)77-53-29-9-30-54-77)101-89(87(97-65-73-45-21-5-22-46-73)85(83)95-63-71-41-17-3-18-42-71)103-90-88(98-66-74-47-23-6-24-48-74)86(96-64-72-43-19-4-20-44-72)84(94-62-70-39-15-2-16-40-70)82(102-90)68-100-92(78-55-31-10-32-56-78,79-57-33-11-34-58-79)80-59-35-12-36-60-80/h1-60,81-90H,61-68H2/t81-,82-,83-,84-,85+,86+,87-,88-,89-,90-/m1/s1. The van der Waals surface area contributed by atoms with Crippen LogP contribution in [0.1, 0.15) is 66.8 Å². The second-order valence-electron chi connectivity index (χ2n) is 26.0. The highest BCUT2D eigenvalue weighted by Gasteiger charge is 2.56. The van der Waals surface area contributed by atoms with Crippen LogP contribution in [0.4, 0.5) is 0 Å². The van der Waals surface area contributed by atoms with E-state index in [4.69, 9.17) is 52.1 Å². The average Bonchev–Trinajstić information content (AvgIpc) is 0.759. The van der Waals surface area contributed by atoms with E-state index in [1.165, 1.54) is 0 Å². The SMILES string of the molecule is c1ccc(CO[C@@H]2[C@@H](OCc3ccccc3)[C@@H](O[C@H]3O[C@H](COC(c4ccccc4)(c4ccccc4)c4ccccc4)[C@@H](OCc4ccccc4)[C@H](OCc4ccccc4)[C@H]3OCc3ccccc3)O[C@H](COC(c3ccccc3)(c3ccccc3)c3ccccc3)[C@H]2OCc2ccccc2)cc1. The van der Waals surface area contributed by atoms with Gasteiger partial charge >= 0.3 is 0 Å². The minimum atomic E-state index is -1.29. The van der Waals surface area contributed by atoms with Gasteiger partial charge in [-0.1, -0.05) is 364 Å². The summed E-state index contributed by atoms with van der Waals surface area (Å²) in [6.07, 6.45) is -10.0. The van der Waals surface area contributed by atoms with E-state index in [-0.39, 0.29) is 52.9 Å². The van der Waals surface area contributed by atoms with E-state index in [2.05, 4.69) is 121 Å². The molecular formula is C92H86O11. The molecule has 2 aliphatic heterocycles. The molecule has 0 N–H and O–H groups in total. The second-order valence-corrected chi connectivity index (χ2v) is 26.0. The zero-order valence-electron chi connectivity index (χ0n) is 57.6. The summed E-state index contributed by atoms with van der Waals surface area (Å²) >= 11 is 0. The van der Waals surface area contributed by atoms with Crippen LogP contribution in [0.15, 0.2) is 364 Å². The van der Waals surface area contributed by atoms with Gasteiger partial charge in [-0.15, -0.1) is 0 Å². The molecule has 2 saturated heterocycles. The summed E-state index contributed by atoms with van der Waals surface area (Å²) in [5, 5.41) is 0. The van der Waals surface area contributed by atoms with Crippen molar-refractivity contribution in [1.29, 1.82) is 0 Å². The van der Waals surface area contributed by atoms with Crippen LogP contribution in [0.2, 0.25) is 0 Å². The van der Waals surface area contributed by atoms with Crippen molar-refractivity contribution < 1.29 is 52.1 Å². The molecule has 0 radical (unpaired) electrons. The Hall–Kier alpha value is -9.80. The summed E-state index contributed by atoms with van der Waals surface area (Å²) in [4.78, 5) is 0. The third-order valence-corrected chi connectivity index (χ3v) is 19.2. The van der Waals surface area contributed by atoms with Gasteiger partial charge in [0.05, 0.1) is 52.9 Å². The average molecular weight is 1370 g/mol. The van der Waals surface area contributed by atoms with Crippen molar-refractivity contribution in [3.8, 4) is 0 Å². The number of hydrogen-bond donors (Lipinski definition) is 0. The Labute approximate surface area is 605 Å². The molecule has 11 nitrogen and oxygen atoms in total. The fourth-order valence-electron chi connectivity index (χ4n) is 14.1. The first-order chi connectivity index (χ1) is 51.1. The fraction of sp³-hybridized carbons (Fsp3) is 0.217. The first kappa shape index (κ1) is 70.2. The molecule has 14 rings (SSSR count). The van der Waals surface area contributed by atoms with Crippen LogP contribution in [0, 0.1) is 0 Å². The quantitative estimate of drug-likeness (QED) is 0.0377. The summed E-state index contributed by atoms with van der Waals surface area (Å²) in [5.41, 5.74) is 8.84. The maximum atomic E-state index is 7.88. The maximum absolute atomic E-state index is 7.88. The van der Waals surface area contributed by atoms with Crippen molar-refractivity contribution in [2.75, 3.05) is 13.2 Å². The molecule has 10 atom stereocenters. The van der Waals surface area contributed by atoms with Crippen molar-refractivity contribution in [3.63, 3.8) is 0 Å². The summed E-state index contributed by atoms with van der Waals surface area (Å²) in [6, 6.07) is 123. The first-order valence-electron chi connectivity index (χ1n) is 35.6. The maximum Gasteiger partial charge on any atom is 0.190 e. The van der Waals surface area contributed by atoms with E-state index in [1.807, 2.05) is 243 Å². The van der Waals surface area contributed by atoms with Gasteiger partial charge in [0.25, 0.3) is 0 Å². The summed E-state index contributed by atoms with van der Waals surface area (Å²) in [5.74, 6) is 0. The molecule has 2 aliphatic rings. The van der Waals surface area contributed by atoms with Crippen LogP contribution in [0.3, 0.4) is 0 Å². The van der Waals surface area contributed by atoms with Crippen molar-refractivity contribution in [2.24, 2.45) is 0 Å². The molecule has 103 heavy (non-hydrogen) atoms. The van der Waals surface area contributed by atoms with Gasteiger partial charge in [-0.3, -0.25) is 0 Å². The highest BCUT2D eigenvalue weighted by atomic mass is 16.8. The minimum Gasteiger partial charge on any atom is -0.368 e. The lowest BCUT2D eigenvalue weighted by Crippen LogP contribution is -2.66. The molecule has 12 aromatic rings. The molecule has 12 aromatic carbocycles. The predicted octanol–water partition coefficient (Wildman–Crippen LogP) is 18.0. The molecular weight excluding hydrogens is 1280 g/mol. The second kappa shape index (κ2) is 35.4. The van der Waals surface area contributed by atoms with Crippen LogP contribution < -0.4 is 0 Å². The van der Waals surface area contributed by atoms with E-state index < -0.39 is 72.6 Å². The third-order valence-electron chi connectivity index (χ3n) is 19.2. The van der Waals surface area contributed by atoms with Gasteiger partial charge in [0, 0.05) is 0 Å². The van der Waals surface area contributed by atoms with Gasteiger partial charge < -0.3 is 52.1 Å². The van der Waals surface area contributed by atoms with E-state index in [0.717, 1.165) is 66.8 Å². The molecule has 520 valence electrons. The Morgan fingerprint density at radius 1 is 0.204 bits per heavy atom. The van der Waals surface area contributed by atoms with Gasteiger partial charge in [0.2, 0.25) is 0 Å². The minimum absolute atomic E-state index is 0.0384. The van der Waals surface area contributed by atoms with E-state index in [0.29, 0.717) is 0 Å². The fourth-order valence-corrected chi connectivity index (χ4v) is 14.1. The number of rotatable bonds is 32. The van der Waals surface area contributed by atoms with Crippen LogP contribution in [0.25, 0.3) is 0 Å². The molecule has 0 saturated carbocycles. The normalized spacial score (nSPS) is 20.6. The van der Waals surface area contributed by atoms with Crippen LogP contribution in [-0.4, -0.2) is 74.6 Å². The molecule has 0 spiro atoms. The number of ether oxygens (including phenoxy) is 11. The van der Waals surface area contributed by atoms with E-state index >= 15 is 0 Å². The Morgan fingerprint density at radius 3 is 0.583 bits per heavy atom. The van der Waals surface area contributed by atoms with Crippen LogP contribution >= 0.6 is 0 Å². The third kappa shape index (κ3) is 17.3. The summed E-state index contributed by atoms with van der Waals surface area (Å²) in [7, 11) is 0. The van der Waals surface area contributed by atoms with Gasteiger partial charge in [-0.05, 0) is 66.8 Å². The van der Waals surface area contributed by atoms with Crippen molar-refractivity contribution >= 4 is 0 Å². The lowest BCUT2D eigenvalue weighted by molar-refractivity contribution is -0.396. The zero-order chi connectivity index (χ0) is 69.6. The zero-order valence-corrected chi connectivity index (χ0v) is 57.6. The topological polar surface area (TPSA) is 102 Å². The lowest BCUT2D eigenvalue weighted by atomic mass is 9.80. The van der Waals surface area contributed by atoms with Gasteiger partial charge in [-0.25, -0.2) is 0 Å². The molecule has 0 unspecified atom stereocenters. The highest BCUT2D eigenvalue weighted by molar-refractivity contribution is 5.49. The van der Waals surface area contributed by atoms with Crippen molar-refractivity contribution in [2.45, 2.75) is 112 Å². The summed E-state index contributed by atoms with van der Waals surface area (Å²) in [6.45, 7) is 1.02. The molecule has 0 amide bonds. The number of hydrogen-bond acceptors (Lipinski definition) is 11. The lowest BCUT2D eigenvalue weighted by Gasteiger charge is -2.50. The number of benzene rings is 12. The molecule has 0 bridgehead atoms. The van der Waals surface area contributed by atoms with Crippen molar-refractivity contribution in [1.82, 2.24) is 0 Å². The monoisotopic (exact) mass is 1370 g/mol.